The number of carbonyl (C=O) groups is 2. The van der Waals surface area contributed by atoms with Crippen LogP contribution in [-0.2, 0) is 9.59 Å². The number of hydrogen-bond acceptors (Lipinski definition) is 3. The molecular weight excluding hydrogens is 354 g/mol. The predicted octanol–water partition coefficient (Wildman–Crippen LogP) is 2.18. The van der Waals surface area contributed by atoms with Crippen molar-refractivity contribution in [3.8, 4) is 11.5 Å². The summed E-state index contributed by atoms with van der Waals surface area (Å²) >= 11 is 0. The number of nitrogens with two attached hydrogens (primary N) is 1. The van der Waals surface area contributed by atoms with Crippen molar-refractivity contribution < 1.29 is 19.6 Å². The van der Waals surface area contributed by atoms with Crippen molar-refractivity contribution in [1.29, 1.82) is 0 Å². The van der Waals surface area contributed by atoms with E-state index >= 15 is 0 Å². The number of fused-ring (bicyclic) bond motifs is 1. The fraction of sp³-hybridized carbons (Fsp3) is 0.364. The molecule has 1 aliphatic carbocycles. The Labute approximate surface area is 164 Å². The average molecular weight is 380 g/mol. The highest BCUT2D eigenvalue weighted by molar-refractivity contribution is 5.95. The summed E-state index contributed by atoms with van der Waals surface area (Å²) in [6.45, 7) is 0. The maximum absolute atomic E-state index is 12.4. The van der Waals surface area contributed by atoms with Gasteiger partial charge in [0, 0.05) is 12.1 Å². The lowest BCUT2D eigenvalue weighted by atomic mass is 9.87. The molecule has 0 unspecified atom stereocenters. The SMILES string of the molecule is O=C(C[C@H]1[NH2+][C@@H]2CCCC[C@@H]2NC1=O)Nc1ccc(Oc2ccccc2)cc1. The van der Waals surface area contributed by atoms with Crippen LogP contribution in [0.15, 0.2) is 54.6 Å². The quantitative estimate of drug-likeness (QED) is 0.743. The first kappa shape index (κ1) is 18.5. The van der Waals surface area contributed by atoms with Crippen LogP contribution in [0.1, 0.15) is 32.1 Å². The number of anilines is 1. The molecule has 1 heterocycles. The van der Waals surface area contributed by atoms with E-state index in [1.54, 1.807) is 12.1 Å². The Morgan fingerprint density at radius 2 is 1.75 bits per heavy atom. The summed E-state index contributed by atoms with van der Waals surface area (Å²) in [4.78, 5) is 24.7. The summed E-state index contributed by atoms with van der Waals surface area (Å²) in [7, 11) is 0. The Kier molecular flexibility index (Phi) is 5.58. The van der Waals surface area contributed by atoms with Crippen molar-refractivity contribution >= 4 is 17.5 Å². The van der Waals surface area contributed by atoms with E-state index in [0.29, 0.717) is 17.5 Å². The van der Waals surface area contributed by atoms with Crippen LogP contribution in [0.3, 0.4) is 0 Å². The van der Waals surface area contributed by atoms with Gasteiger partial charge in [-0.2, -0.15) is 0 Å². The molecule has 3 atom stereocenters. The van der Waals surface area contributed by atoms with Crippen LogP contribution in [0, 0.1) is 0 Å². The number of para-hydroxylation sites is 1. The lowest BCUT2D eigenvalue weighted by Crippen LogP contribution is -3.03. The highest BCUT2D eigenvalue weighted by atomic mass is 16.5. The number of quaternary nitrogens is 1. The van der Waals surface area contributed by atoms with Crippen molar-refractivity contribution in [3.05, 3.63) is 54.6 Å². The molecule has 2 amide bonds. The number of benzene rings is 2. The van der Waals surface area contributed by atoms with Gasteiger partial charge in [0.2, 0.25) is 5.91 Å². The topological polar surface area (TPSA) is 84.0 Å². The first-order valence-corrected chi connectivity index (χ1v) is 9.95. The second-order valence-electron chi connectivity index (χ2n) is 7.55. The maximum Gasteiger partial charge on any atom is 0.279 e. The van der Waals surface area contributed by atoms with Crippen LogP contribution in [0.5, 0.6) is 11.5 Å². The van der Waals surface area contributed by atoms with Gasteiger partial charge in [0.25, 0.3) is 5.91 Å². The van der Waals surface area contributed by atoms with Gasteiger partial charge in [-0.1, -0.05) is 24.6 Å². The molecule has 6 nitrogen and oxygen atoms in total. The molecular formula is C22H26N3O3+. The van der Waals surface area contributed by atoms with E-state index in [1.165, 1.54) is 12.8 Å². The Morgan fingerprint density at radius 3 is 2.54 bits per heavy atom. The van der Waals surface area contributed by atoms with Crippen LogP contribution in [-0.4, -0.2) is 29.9 Å². The summed E-state index contributed by atoms with van der Waals surface area (Å²) in [5, 5.41) is 8.08. The standard InChI is InChI=1S/C22H25N3O3/c26-21(14-20-22(27)25-19-9-5-4-8-18(19)24-20)23-15-10-12-17(13-11-15)28-16-6-2-1-3-7-16/h1-3,6-7,10-13,18-20,24H,4-5,8-9,14H2,(H,23,26)(H,25,27)/p+1/t18-,19+,20-/m1/s1. The minimum absolute atomic E-state index is 0.0232. The van der Waals surface area contributed by atoms with E-state index in [0.717, 1.165) is 18.6 Å². The molecule has 2 fully saturated rings. The molecule has 0 bridgehead atoms. The normalized spacial score (nSPS) is 24.0. The molecule has 28 heavy (non-hydrogen) atoms. The molecule has 4 N–H and O–H groups in total. The smallest absolute Gasteiger partial charge is 0.279 e. The zero-order valence-corrected chi connectivity index (χ0v) is 15.8. The number of ether oxygens (including phenoxy) is 1. The van der Waals surface area contributed by atoms with E-state index in [2.05, 4.69) is 16.0 Å². The Hall–Kier alpha value is -2.86. The minimum Gasteiger partial charge on any atom is -0.457 e. The summed E-state index contributed by atoms with van der Waals surface area (Å²) in [6.07, 6.45) is 4.70. The Balaban J connectivity index is 1.30. The monoisotopic (exact) mass is 380 g/mol. The lowest BCUT2D eigenvalue weighted by molar-refractivity contribution is -0.718. The number of carbonyl (C=O) groups excluding carboxylic acids is 2. The third-order valence-corrected chi connectivity index (χ3v) is 5.49. The molecule has 0 spiro atoms. The van der Waals surface area contributed by atoms with Crippen molar-refractivity contribution in [2.45, 2.75) is 50.2 Å². The number of hydrogen-bond donors (Lipinski definition) is 3. The van der Waals surface area contributed by atoms with Gasteiger partial charge >= 0.3 is 0 Å². The van der Waals surface area contributed by atoms with Crippen LogP contribution in [0.2, 0.25) is 0 Å². The lowest BCUT2D eigenvalue weighted by Gasteiger charge is -2.37. The van der Waals surface area contributed by atoms with Crippen molar-refractivity contribution in [2.24, 2.45) is 0 Å². The number of nitrogens with one attached hydrogen (secondary N) is 2. The summed E-state index contributed by atoms with van der Waals surface area (Å²) in [6, 6.07) is 17.1. The van der Waals surface area contributed by atoms with Crippen LogP contribution >= 0.6 is 0 Å². The first-order valence-electron chi connectivity index (χ1n) is 9.95. The molecule has 0 aromatic heterocycles. The third-order valence-electron chi connectivity index (χ3n) is 5.49. The van der Waals surface area contributed by atoms with Crippen molar-refractivity contribution in [3.63, 3.8) is 0 Å². The number of piperazine rings is 1. The van der Waals surface area contributed by atoms with Crippen molar-refractivity contribution in [1.82, 2.24) is 5.32 Å². The summed E-state index contributed by atoms with van der Waals surface area (Å²) in [5.74, 6) is 1.29. The maximum atomic E-state index is 12.4. The molecule has 2 aromatic rings. The minimum atomic E-state index is -0.347. The fourth-order valence-electron chi connectivity index (χ4n) is 4.05. The Bertz CT molecular complexity index is 823. The summed E-state index contributed by atoms with van der Waals surface area (Å²) in [5.41, 5.74) is 0.692. The molecule has 6 heteroatoms. The highest BCUT2D eigenvalue weighted by Gasteiger charge is 2.40. The van der Waals surface area contributed by atoms with Gasteiger partial charge in [0.1, 0.15) is 17.5 Å². The fourth-order valence-corrected chi connectivity index (χ4v) is 4.05. The largest absolute Gasteiger partial charge is 0.457 e. The highest BCUT2D eigenvalue weighted by Crippen LogP contribution is 2.23. The molecule has 4 rings (SSSR count). The van der Waals surface area contributed by atoms with Gasteiger partial charge in [-0.25, -0.2) is 0 Å². The van der Waals surface area contributed by atoms with Gasteiger partial charge in [-0.15, -0.1) is 0 Å². The van der Waals surface area contributed by atoms with Crippen LogP contribution in [0.25, 0.3) is 0 Å². The number of rotatable bonds is 5. The van der Waals surface area contributed by atoms with E-state index in [-0.39, 0.29) is 30.3 Å². The van der Waals surface area contributed by atoms with Gasteiger partial charge in [0.05, 0.1) is 12.5 Å². The molecule has 2 aromatic carbocycles. The second-order valence-corrected chi connectivity index (χ2v) is 7.55. The Morgan fingerprint density at radius 1 is 1.04 bits per heavy atom. The molecule has 1 saturated heterocycles. The third kappa shape index (κ3) is 4.51. The molecule has 146 valence electrons. The molecule has 2 aliphatic rings. The van der Waals surface area contributed by atoms with E-state index in [4.69, 9.17) is 4.74 Å². The average Bonchev–Trinajstić information content (AvgIpc) is 2.71. The molecule has 0 radical (unpaired) electrons. The van der Waals surface area contributed by atoms with E-state index in [1.807, 2.05) is 42.5 Å². The van der Waals surface area contributed by atoms with Gasteiger partial charge in [-0.05, 0) is 49.2 Å². The predicted molar refractivity (Wildman–Crippen MR) is 106 cm³/mol. The molecule has 1 saturated carbocycles. The van der Waals surface area contributed by atoms with Crippen LogP contribution < -0.4 is 20.7 Å². The second kappa shape index (κ2) is 8.44. The molecule has 1 aliphatic heterocycles. The van der Waals surface area contributed by atoms with Gasteiger partial charge < -0.3 is 20.7 Å². The zero-order chi connectivity index (χ0) is 19.3. The van der Waals surface area contributed by atoms with Gasteiger partial charge in [0.15, 0.2) is 6.04 Å². The zero-order valence-electron chi connectivity index (χ0n) is 15.8. The van der Waals surface area contributed by atoms with Crippen molar-refractivity contribution in [2.75, 3.05) is 5.32 Å². The number of amides is 2. The van der Waals surface area contributed by atoms with E-state index < -0.39 is 0 Å². The first-order chi connectivity index (χ1) is 13.7. The van der Waals surface area contributed by atoms with Crippen LogP contribution in [0.4, 0.5) is 5.69 Å². The summed E-state index contributed by atoms with van der Waals surface area (Å²) < 4.78 is 5.75. The van der Waals surface area contributed by atoms with E-state index in [9.17, 15) is 9.59 Å². The van der Waals surface area contributed by atoms with Gasteiger partial charge in [-0.3, -0.25) is 9.59 Å².